The Hall–Kier alpha value is -2.57. The predicted molar refractivity (Wildman–Crippen MR) is 117 cm³/mol. The first-order chi connectivity index (χ1) is 14.3. The van der Waals surface area contributed by atoms with E-state index in [1.54, 1.807) is 0 Å². The van der Waals surface area contributed by atoms with Gasteiger partial charge in [0, 0.05) is 44.0 Å². The second-order valence-electron chi connectivity index (χ2n) is 7.73. The number of furan rings is 1. The van der Waals surface area contributed by atoms with Gasteiger partial charge in [0.2, 0.25) is 0 Å². The number of rotatable bonds is 9. The maximum Gasteiger partial charge on any atom is 0.152 e. The van der Waals surface area contributed by atoms with E-state index in [9.17, 15) is 0 Å². The minimum Gasteiger partial charge on any atom is -0.460 e. The zero-order valence-corrected chi connectivity index (χ0v) is 17.2. The fourth-order valence-electron chi connectivity index (χ4n) is 3.90. The SMILES string of the molecule is Cc1ccc(-c2[nH]ncc2CNCCCCN2CCN(c3ccccc3)CC2)o1. The maximum absolute atomic E-state index is 5.71. The molecule has 0 spiro atoms. The highest BCUT2D eigenvalue weighted by molar-refractivity contribution is 5.56. The zero-order chi connectivity index (χ0) is 19.9. The Morgan fingerprint density at radius 1 is 1.03 bits per heavy atom. The standard InChI is InChI=1S/C23H31N5O/c1-19-9-10-22(29-19)23-20(18-25-26-23)17-24-11-5-6-12-27-13-15-28(16-14-27)21-7-3-2-4-8-21/h2-4,7-10,18,24H,5-6,11-17H2,1H3,(H,25,26). The summed E-state index contributed by atoms with van der Waals surface area (Å²) < 4.78 is 5.71. The first kappa shape index (κ1) is 19.7. The molecule has 0 unspecified atom stereocenters. The molecule has 6 heteroatoms. The number of nitrogens with zero attached hydrogens (tertiary/aromatic N) is 3. The van der Waals surface area contributed by atoms with Crippen molar-refractivity contribution >= 4 is 5.69 Å². The van der Waals surface area contributed by atoms with E-state index in [-0.39, 0.29) is 0 Å². The van der Waals surface area contributed by atoms with E-state index in [1.165, 1.54) is 25.1 Å². The Balaban J connectivity index is 1.11. The maximum atomic E-state index is 5.71. The van der Waals surface area contributed by atoms with Crippen molar-refractivity contribution in [1.82, 2.24) is 20.4 Å². The van der Waals surface area contributed by atoms with Gasteiger partial charge in [0.25, 0.3) is 0 Å². The van der Waals surface area contributed by atoms with Crippen LogP contribution in [-0.4, -0.2) is 54.4 Å². The summed E-state index contributed by atoms with van der Waals surface area (Å²) >= 11 is 0. The minimum atomic E-state index is 0.807. The third kappa shape index (κ3) is 5.28. The largest absolute Gasteiger partial charge is 0.460 e. The molecule has 154 valence electrons. The van der Waals surface area contributed by atoms with E-state index in [0.717, 1.165) is 62.0 Å². The van der Waals surface area contributed by atoms with Crippen molar-refractivity contribution in [2.75, 3.05) is 44.2 Å². The molecule has 1 aliphatic heterocycles. The lowest BCUT2D eigenvalue weighted by Gasteiger charge is -2.36. The summed E-state index contributed by atoms with van der Waals surface area (Å²) in [5.74, 6) is 1.77. The van der Waals surface area contributed by atoms with Crippen molar-refractivity contribution in [3.05, 3.63) is 60.0 Å². The Bertz CT molecular complexity index is 864. The number of anilines is 1. The second kappa shape index (κ2) is 9.76. The van der Waals surface area contributed by atoms with Crippen LogP contribution in [0.4, 0.5) is 5.69 Å². The molecular formula is C23H31N5O. The van der Waals surface area contributed by atoms with Gasteiger partial charge in [0.1, 0.15) is 11.5 Å². The molecule has 0 radical (unpaired) electrons. The van der Waals surface area contributed by atoms with Gasteiger partial charge in [-0.25, -0.2) is 0 Å². The fraction of sp³-hybridized carbons (Fsp3) is 0.435. The number of piperazine rings is 1. The quantitative estimate of drug-likeness (QED) is 0.543. The lowest BCUT2D eigenvalue weighted by molar-refractivity contribution is 0.252. The fourth-order valence-corrected chi connectivity index (χ4v) is 3.90. The second-order valence-corrected chi connectivity index (χ2v) is 7.73. The van der Waals surface area contributed by atoms with Crippen molar-refractivity contribution in [3.63, 3.8) is 0 Å². The zero-order valence-electron chi connectivity index (χ0n) is 17.2. The summed E-state index contributed by atoms with van der Waals surface area (Å²) in [6.07, 6.45) is 4.30. The Morgan fingerprint density at radius 3 is 2.62 bits per heavy atom. The highest BCUT2D eigenvalue weighted by Gasteiger charge is 2.16. The molecule has 1 saturated heterocycles. The van der Waals surface area contributed by atoms with Gasteiger partial charge in [-0.1, -0.05) is 18.2 Å². The van der Waals surface area contributed by atoms with Gasteiger partial charge in [-0.2, -0.15) is 5.10 Å². The number of aryl methyl sites for hydroxylation is 1. The summed E-state index contributed by atoms with van der Waals surface area (Å²) in [6.45, 7) is 9.53. The Labute approximate surface area is 172 Å². The molecule has 4 rings (SSSR count). The number of para-hydroxylation sites is 1. The van der Waals surface area contributed by atoms with Crippen LogP contribution in [0.5, 0.6) is 0 Å². The van der Waals surface area contributed by atoms with Crippen LogP contribution in [0.2, 0.25) is 0 Å². The van der Waals surface area contributed by atoms with Crippen LogP contribution in [0.15, 0.2) is 53.1 Å². The van der Waals surface area contributed by atoms with Crippen LogP contribution in [0.3, 0.4) is 0 Å². The molecule has 3 heterocycles. The topological polar surface area (TPSA) is 60.3 Å². The van der Waals surface area contributed by atoms with Crippen molar-refractivity contribution in [2.24, 2.45) is 0 Å². The van der Waals surface area contributed by atoms with E-state index in [1.807, 2.05) is 25.3 Å². The minimum absolute atomic E-state index is 0.807. The summed E-state index contributed by atoms with van der Waals surface area (Å²) in [5, 5.41) is 10.8. The number of aromatic amines is 1. The van der Waals surface area contributed by atoms with Crippen molar-refractivity contribution < 1.29 is 4.42 Å². The van der Waals surface area contributed by atoms with E-state index >= 15 is 0 Å². The highest BCUT2D eigenvalue weighted by atomic mass is 16.3. The summed E-state index contributed by atoms with van der Waals surface area (Å²) in [7, 11) is 0. The number of H-pyrrole nitrogens is 1. The van der Waals surface area contributed by atoms with Crippen molar-refractivity contribution in [2.45, 2.75) is 26.3 Å². The van der Waals surface area contributed by atoms with Gasteiger partial charge >= 0.3 is 0 Å². The first-order valence-corrected chi connectivity index (χ1v) is 10.6. The normalized spacial score (nSPS) is 15.1. The van der Waals surface area contributed by atoms with Crippen LogP contribution in [0.1, 0.15) is 24.2 Å². The average molecular weight is 394 g/mol. The molecule has 1 aliphatic rings. The third-order valence-corrected chi connectivity index (χ3v) is 5.59. The van der Waals surface area contributed by atoms with Crippen molar-refractivity contribution in [3.8, 4) is 11.5 Å². The van der Waals surface area contributed by atoms with Crippen LogP contribution in [-0.2, 0) is 6.54 Å². The lowest BCUT2D eigenvalue weighted by Crippen LogP contribution is -2.46. The van der Waals surface area contributed by atoms with Crippen LogP contribution in [0.25, 0.3) is 11.5 Å². The monoisotopic (exact) mass is 393 g/mol. The smallest absolute Gasteiger partial charge is 0.152 e. The number of benzene rings is 1. The van der Waals surface area contributed by atoms with E-state index in [4.69, 9.17) is 4.42 Å². The molecule has 0 saturated carbocycles. The Morgan fingerprint density at radius 2 is 1.86 bits per heavy atom. The summed E-state index contributed by atoms with van der Waals surface area (Å²) in [6, 6.07) is 14.7. The van der Waals surface area contributed by atoms with Gasteiger partial charge in [-0.05, 0) is 57.1 Å². The highest BCUT2D eigenvalue weighted by Crippen LogP contribution is 2.23. The Kier molecular flexibility index (Phi) is 6.64. The van der Waals surface area contributed by atoms with Gasteiger partial charge < -0.3 is 14.6 Å². The number of unbranched alkanes of at least 4 members (excludes halogenated alkanes) is 1. The van der Waals surface area contributed by atoms with E-state index in [2.05, 4.69) is 55.6 Å². The molecule has 2 aromatic heterocycles. The van der Waals surface area contributed by atoms with Gasteiger partial charge in [-0.15, -0.1) is 0 Å². The molecule has 0 amide bonds. The molecule has 2 N–H and O–H groups in total. The van der Waals surface area contributed by atoms with E-state index in [0.29, 0.717) is 0 Å². The molecule has 29 heavy (non-hydrogen) atoms. The molecule has 0 bridgehead atoms. The molecule has 6 nitrogen and oxygen atoms in total. The van der Waals surface area contributed by atoms with Gasteiger partial charge in [-0.3, -0.25) is 10.00 Å². The van der Waals surface area contributed by atoms with E-state index < -0.39 is 0 Å². The summed E-state index contributed by atoms with van der Waals surface area (Å²) in [5.41, 5.74) is 3.47. The average Bonchev–Trinajstić information content (AvgIpc) is 3.40. The molecule has 0 atom stereocenters. The first-order valence-electron chi connectivity index (χ1n) is 10.6. The van der Waals surface area contributed by atoms with Crippen molar-refractivity contribution in [1.29, 1.82) is 0 Å². The van der Waals surface area contributed by atoms with Crippen LogP contribution < -0.4 is 10.2 Å². The van der Waals surface area contributed by atoms with Gasteiger partial charge in [0.15, 0.2) is 5.76 Å². The number of hydrogen-bond donors (Lipinski definition) is 2. The molecule has 1 aromatic carbocycles. The van der Waals surface area contributed by atoms with Gasteiger partial charge in [0.05, 0.1) is 6.20 Å². The molecular weight excluding hydrogens is 362 g/mol. The lowest BCUT2D eigenvalue weighted by atomic mass is 10.2. The molecule has 1 fully saturated rings. The predicted octanol–water partition coefficient (Wildman–Crippen LogP) is 3.67. The third-order valence-electron chi connectivity index (χ3n) is 5.59. The van der Waals surface area contributed by atoms with Crippen LogP contribution >= 0.6 is 0 Å². The number of nitrogens with one attached hydrogen (secondary N) is 2. The summed E-state index contributed by atoms with van der Waals surface area (Å²) in [4.78, 5) is 5.08. The molecule has 0 aliphatic carbocycles. The van der Waals surface area contributed by atoms with Crippen LogP contribution in [0, 0.1) is 6.92 Å². The number of aromatic nitrogens is 2. The molecule has 3 aromatic rings. The number of hydrogen-bond acceptors (Lipinski definition) is 5.